The van der Waals surface area contributed by atoms with E-state index in [1.165, 1.54) is 17.4 Å². The largest absolute Gasteiger partial charge is 0.399 e. The van der Waals surface area contributed by atoms with Crippen LogP contribution >= 0.6 is 0 Å². The lowest BCUT2D eigenvalue weighted by molar-refractivity contribution is -0.120. The van der Waals surface area contributed by atoms with Crippen LogP contribution in [0.2, 0.25) is 0 Å². The van der Waals surface area contributed by atoms with E-state index in [4.69, 9.17) is 5.73 Å². The summed E-state index contributed by atoms with van der Waals surface area (Å²) >= 11 is 0. The van der Waals surface area contributed by atoms with Gasteiger partial charge in [-0.2, -0.15) is 4.31 Å². The third kappa shape index (κ3) is 3.95. The van der Waals surface area contributed by atoms with Crippen LogP contribution in [-0.4, -0.2) is 38.8 Å². The molecule has 0 aromatic heterocycles. The summed E-state index contributed by atoms with van der Waals surface area (Å²) in [6, 6.07) is 3.18. The molecule has 6 nitrogen and oxygen atoms in total. The molecular weight excluding hydrogens is 290 g/mol. The van der Waals surface area contributed by atoms with Crippen molar-refractivity contribution in [2.24, 2.45) is 0 Å². The molecule has 0 radical (unpaired) electrons. The third-order valence-electron chi connectivity index (χ3n) is 3.33. The van der Waals surface area contributed by atoms with Crippen LogP contribution in [0.1, 0.15) is 24.5 Å². The van der Waals surface area contributed by atoms with Gasteiger partial charge in [0.1, 0.15) is 0 Å². The number of anilines is 1. The molecule has 21 heavy (non-hydrogen) atoms. The molecule has 0 fully saturated rings. The van der Waals surface area contributed by atoms with Crippen LogP contribution in [0.15, 0.2) is 17.0 Å². The summed E-state index contributed by atoms with van der Waals surface area (Å²) in [4.78, 5) is 11.7. The molecule has 1 aromatic carbocycles. The maximum absolute atomic E-state index is 12.8. The number of rotatable bonds is 6. The molecule has 118 valence electrons. The lowest BCUT2D eigenvalue weighted by Gasteiger charge is -2.22. The summed E-state index contributed by atoms with van der Waals surface area (Å²) in [5.41, 5.74) is 7.63. The van der Waals surface area contributed by atoms with Gasteiger partial charge in [0.05, 0.1) is 11.4 Å². The normalized spacial score (nSPS) is 11.7. The van der Waals surface area contributed by atoms with Crippen molar-refractivity contribution >= 4 is 21.6 Å². The summed E-state index contributed by atoms with van der Waals surface area (Å²) in [6.45, 7) is 5.51. The zero-order valence-corrected chi connectivity index (χ0v) is 13.8. The molecule has 0 bridgehead atoms. The fourth-order valence-electron chi connectivity index (χ4n) is 2.03. The van der Waals surface area contributed by atoms with Gasteiger partial charge in [0, 0.05) is 19.3 Å². The first kappa shape index (κ1) is 17.5. The first-order valence-corrected chi connectivity index (χ1v) is 8.25. The molecule has 0 saturated heterocycles. The van der Waals surface area contributed by atoms with Gasteiger partial charge >= 0.3 is 0 Å². The van der Waals surface area contributed by atoms with Gasteiger partial charge in [0.25, 0.3) is 0 Å². The smallest absolute Gasteiger partial charge is 0.243 e. The Morgan fingerprint density at radius 2 is 1.95 bits per heavy atom. The quantitative estimate of drug-likeness (QED) is 0.767. The van der Waals surface area contributed by atoms with Crippen molar-refractivity contribution in [1.29, 1.82) is 0 Å². The first-order chi connectivity index (χ1) is 9.73. The van der Waals surface area contributed by atoms with Crippen molar-refractivity contribution in [1.82, 2.24) is 9.62 Å². The number of carbonyl (C=O) groups is 1. The van der Waals surface area contributed by atoms with Gasteiger partial charge in [-0.25, -0.2) is 8.42 Å². The minimum absolute atomic E-state index is 0.164. The van der Waals surface area contributed by atoms with Crippen molar-refractivity contribution in [3.05, 3.63) is 23.3 Å². The molecule has 0 heterocycles. The van der Waals surface area contributed by atoms with Crippen LogP contribution in [0, 0.1) is 13.8 Å². The number of nitrogen functional groups attached to an aromatic ring is 1. The van der Waals surface area contributed by atoms with Gasteiger partial charge < -0.3 is 11.1 Å². The molecule has 0 aliphatic heterocycles. The van der Waals surface area contributed by atoms with Crippen molar-refractivity contribution in [2.45, 2.75) is 32.1 Å². The van der Waals surface area contributed by atoms with Crippen LogP contribution < -0.4 is 11.1 Å². The van der Waals surface area contributed by atoms with Crippen molar-refractivity contribution in [3.63, 3.8) is 0 Å². The Hall–Kier alpha value is -1.60. The minimum atomic E-state index is -3.75. The fourth-order valence-corrected chi connectivity index (χ4v) is 3.85. The van der Waals surface area contributed by atoms with Gasteiger partial charge in [-0.15, -0.1) is 0 Å². The summed E-state index contributed by atoms with van der Waals surface area (Å²) in [6.07, 6.45) is 0.622. The van der Waals surface area contributed by atoms with Gasteiger partial charge in [-0.1, -0.05) is 6.92 Å². The monoisotopic (exact) mass is 313 g/mol. The summed E-state index contributed by atoms with van der Waals surface area (Å²) in [7, 11) is -2.27. The topological polar surface area (TPSA) is 92.5 Å². The highest BCUT2D eigenvalue weighted by molar-refractivity contribution is 7.89. The van der Waals surface area contributed by atoms with Crippen molar-refractivity contribution in [2.75, 3.05) is 25.9 Å². The zero-order valence-electron chi connectivity index (χ0n) is 12.9. The number of nitrogens with two attached hydrogens (primary N) is 1. The van der Waals surface area contributed by atoms with Crippen LogP contribution in [0.25, 0.3) is 0 Å². The molecule has 0 spiro atoms. The van der Waals surface area contributed by atoms with Gasteiger partial charge in [0.15, 0.2) is 0 Å². The maximum Gasteiger partial charge on any atom is 0.243 e. The highest BCUT2D eigenvalue weighted by Gasteiger charge is 2.27. The summed E-state index contributed by atoms with van der Waals surface area (Å²) in [5, 5.41) is 2.45. The Morgan fingerprint density at radius 3 is 2.48 bits per heavy atom. The second kappa shape index (κ2) is 6.91. The second-order valence-corrected chi connectivity index (χ2v) is 6.88. The predicted molar refractivity (Wildman–Crippen MR) is 83.4 cm³/mol. The fraction of sp³-hybridized carbons (Fsp3) is 0.500. The van der Waals surface area contributed by atoms with E-state index in [0.717, 1.165) is 5.56 Å². The molecule has 0 unspecified atom stereocenters. The van der Waals surface area contributed by atoms with E-state index in [1.54, 1.807) is 13.0 Å². The van der Waals surface area contributed by atoms with Crippen LogP contribution in [0.4, 0.5) is 5.69 Å². The standard InChI is InChI=1S/C14H23N3O3S/c1-5-6-17(9-14(18)16-4)21(19,20)13-8-12(15)7-10(2)11(13)3/h7-8H,5-6,9,15H2,1-4H3,(H,16,18). The van der Waals surface area contributed by atoms with E-state index in [2.05, 4.69) is 5.32 Å². The number of benzene rings is 1. The van der Waals surface area contributed by atoms with E-state index in [-0.39, 0.29) is 23.9 Å². The lowest BCUT2D eigenvalue weighted by atomic mass is 10.1. The van der Waals surface area contributed by atoms with E-state index in [0.29, 0.717) is 17.7 Å². The van der Waals surface area contributed by atoms with E-state index >= 15 is 0 Å². The average Bonchev–Trinajstić information content (AvgIpc) is 2.41. The number of sulfonamides is 1. The Balaban J connectivity index is 3.32. The SMILES string of the molecule is CCCN(CC(=O)NC)S(=O)(=O)c1cc(N)cc(C)c1C. The Kier molecular flexibility index (Phi) is 5.74. The number of hydrogen-bond acceptors (Lipinski definition) is 4. The molecule has 0 saturated carbocycles. The molecule has 1 amide bonds. The number of likely N-dealkylation sites (N-methyl/N-ethyl adjacent to an activating group) is 1. The molecule has 0 aliphatic carbocycles. The molecule has 0 aliphatic rings. The van der Waals surface area contributed by atoms with Crippen molar-refractivity contribution in [3.8, 4) is 0 Å². The highest BCUT2D eigenvalue weighted by atomic mass is 32.2. The second-order valence-electron chi connectivity index (χ2n) is 4.97. The van der Waals surface area contributed by atoms with Crippen LogP contribution in [0.3, 0.4) is 0 Å². The lowest BCUT2D eigenvalue weighted by Crippen LogP contribution is -2.40. The van der Waals surface area contributed by atoms with Gasteiger partial charge in [0.2, 0.25) is 15.9 Å². The first-order valence-electron chi connectivity index (χ1n) is 6.81. The number of nitrogens with zero attached hydrogens (tertiary/aromatic N) is 1. The summed E-state index contributed by atoms with van der Waals surface area (Å²) in [5.74, 6) is -0.342. The molecule has 1 rings (SSSR count). The Morgan fingerprint density at radius 1 is 1.33 bits per heavy atom. The van der Waals surface area contributed by atoms with Crippen LogP contribution in [-0.2, 0) is 14.8 Å². The van der Waals surface area contributed by atoms with Crippen molar-refractivity contribution < 1.29 is 13.2 Å². The number of aryl methyl sites for hydroxylation is 1. The number of nitrogens with one attached hydrogen (secondary N) is 1. The predicted octanol–water partition coefficient (Wildman–Crippen LogP) is 1.03. The Labute approximate surface area is 126 Å². The van der Waals surface area contributed by atoms with E-state index in [9.17, 15) is 13.2 Å². The number of carbonyl (C=O) groups excluding carboxylic acids is 1. The van der Waals surface area contributed by atoms with E-state index < -0.39 is 10.0 Å². The van der Waals surface area contributed by atoms with Crippen LogP contribution in [0.5, 0.6) is 0 Å². The maximum atomic E-state index is 12.8. The summed E-state index contributed by atoms with van der Waals surface area (Å²) < 4.78 is 26.8. The van der Waals surface area contributed by atoms with E-state index in [1.807, 2.05) is 13.8 Å². The molecular formula is C14H23N3O3S. The number of amides is 1. The average molecular weight is 313 g/mol. The third-order valence-corrected chi connectivity index (χ3v) is 5.30. The molecule has 1 aromatic rings. The minimum Gasteiger partial charge on any atom is -0.399 e. The zero-order chi connectivity index (χ0) is 16.2. The molecule has 7 heteroatoms. The highest BCUT2D eigenvalue weighted by Crippen LogP contribution is 2.25. The number of hydrogen-bond donors (Lipinski definition) is 2. The molecule has 0 atom stereocenters. The van der Waals surface area contributed by atoms with Gasteiger partial charge in [-0.05, 0) is 43.5 Å². The molecule has 3 N–H and O–H groups in total. The van der Waals surface area contributed by atoms with Gasteiger partial charge in [-0.3, -0.25) is 4.79 Å². The Bertz CT molecular complexity index is 627.